The number of hydrogen-bond acceptors (Lipinski definition) is 6. The molecule has 4 rings (SSSR count). The second kappa shape index (κ2) is 14.5. The summed E-state index contributed by atoms with van der Waals surface area (Å²) in [4.78, 5) is 45.1. The number of allylic oxidation sites excluding steroid dienone is 10. The van der Waals surface area contributed by atoms with E-state index in [0.29, 0.717) is 19.3 Å². The topological polar surface area (TPSA) is 105 Å². The number of aromatic hydroxyl groups is 2. The smallest absolute Gasteiger partial charge is 0.204 e. The van der Waals surface area contributed by atoms with Gasteiger partial charge in [0.1, 0.15) is 16.9 Å². The van der Waals surface area contributed by atoms with E-state index in [4.69, 9.17) is 4.42 Å². The lowest BCUT2D eigenvalue weighted by atomic mass is 9.38. The van der Waals surface area contributed by atoms with E-state index in [-0.39, 0.29) is 46.8 Å². The minimum atomic E-state index is -1.45. The molecule has 2 bridgehead atoms. The molecule has 1 aromatic heterocycles. The van der Waals surface area contributed by atoms with E-state index in [2.05, 4.69) is 59.8 Å². The largest absolute Gasteiger partial charge is 0.504 e. The molecule has 4 unspecified atom stereocenters. The Morgan fingerprint density at radius 3 is 1.98 bits per heavy atom. The molecule has 1 saturated carbocycles. The Labute approximate surface area is 292 Å². The van der Waals surface area contributed by atoms with Crippen molar-refractivity contribution < 1.29 is 24.2 Å². The van der Waals surface area contributed by atoms with Gasteiger partial charge in [-0.2, -0.15) is 0 Å². The number of benzene rings is 1. The van der Waals surface area contributed by atoms with E-state index in [9.17, 15) is 15.0 Å². The molecule has 49 heavy (non-hydrogen) atoms. The summed E-state index contributed by atoms with van der Waals surface area (Å²) in [6, 6.07) is 2.36. The summed E-state index contributed by atoms with van der Waals surface area (Å²) in [7, 11) is 0. The lowest BCUT2D eigenvalue weighted by Gasteiger charge is -2.61. The van der Waals surface area contributed by atoms with Crippen molar-refractivity contribution in [2.75, 3.05) is 0 Å². The molecule has 6 heteroatoms. The molecule has 264 valence electrons. The molecule has 4 atom stereocenters. The minimum absolute atomic E-state index is 0.00210. The summed E-state index contributed by atoms with van der Waals surface area (Å²) in [6.07, 6.45) is 15.5. The van der Waals surface area contributed by atoms with E-state index in [1.807, 2.05) is 39.8 Å². The maximum atomic E-state index is 15.7. The number of rotatable bonds is 12. The first-order chi connectivity index (χ1) is 22.9. The number of fused-ring (bicyclic) bond motifs is 5. The lowest BCUT2D eigenvalue weighted by molar-refractivity contribution is -0.153. The van der Waals surface area contributed by atoms with Crippen LogP contribution in [0.3, 0.4) is 0 Å². The Morgan fingerprint density at radius 1 is 0.796 bits per heavy atom. The van der Waals surface area contributed by atoms with Crippen LogP contribution in [0.25, 0.3) is 11.0 Å². The van der Waals surface area contributed by atoms with Gasteiger partial charge < -0.3 is 14.6 Å². The highest BCUT2D eigenvalue weighted by molar-refractivity contribution is 6.23. The molecule has 1 heterocycles. The Morgan fingerprint density at radius 2 is 1.37 bits per heavy atom. The summed E-state index contributed by atoms with van der Waals surface area (Å²) in [6.45, 7) is 20.6. The van der Waals surface area contributed by atoms with Crippen molar-refractivity contribution in [2.24, 2.45) is 16.7 Å². The van der Waals surface area contributed by atoms with Crippen molar-refractivity contribution in [3.63, 3.8) is 0 Å². The maximum Gasteiger partial charge on any atom is 0.204 e. The standard InChI is InChI=1S/C43H56O6/c1-26(2)13-11-15-30(9)16-17-31-25-42(21-18-28(5)6)38(47)36-37(46)32-23-33(44)34(45)24-35(32)49-39(36)43(40(42)48,22-19-29(7)8)41(31,10)20-12-14-27(3)4/h13-14,16,18-19,23-24,31,44-45H,11-12,15,17,20-22,25H2,1-10H3. The Hall–Kier alpha value is -3.93. The van der Waals surface area contributed by atoms with Gasteiger partial charge in [0.25, 0.3) is 0 Å². The second-order valence-corrected chi connectivity index (χ2v) is 15.8. The van der Waals surface area contributed by atoms with Gasteiger partial charge in [0.15, 0.2) is 23.1 Å². The van der Waals surface area contributed by atoms with Gasteiger partial charge in [-0.3, -0.25) is 14.4 Å². The summed E-state index contributed by atoms with van der Waals surface area (Å²) >= 11 is 0. The van der Waals surface area contributed by atoms with Crippen LogP contribution in [-0.4, -0.2) is 21.8 Å². The summed E-state index contributed by atoms with van der Waals surface area (Å²) in [5.74, 6) is -1.58. The fraction of sp³-hybridized carbons (Fsp3) is 0.512. The first-order valence-electron chi connectivity index (χ1n) is 17.7. The molecule has 0 saturated heterocycles. The van der Waals surface area contributed by atoms with E-state index in [1.165, 1.54) is 22.8 Å². The van der Waals surface area contributed by atoms with Crippen molar-refractivity contribution in [3.05, 3.63) is 91.9 Å². The number of Topliss-reactive ketones (excluding diaryl/α,β-unsaturated/α-hetero) is 2. The van der Waals surface area contributed by atoms with E-state index >= 15 is 9.59 Å². The molecule has 2 aliphatic carbocycles. The van der Waals surface area contributed by atoms with Crippen LogP contribution >= 0.6 is 0 Å². The molecule has 2 aromatic rings. The number of carbonyl (C=O) groups is 2. The van der Waals surface area contributed by atoms with Crippen molar-refractivity contribution in [1.82, 2.24) is 0 Å². The fourth-order valence-corrected chi connectivity index (χ4v) is 8.16. The van der Waals surface area contributed by atoms with Gasteiger partial charge in [-0.1, -0.05) is 65.2 Å². The molecular weight excluding hydrogens is 612 g/mol. The van der Waals surface area contributed by atoms with E-state index in [0.717, 1.165) is 36.5 Å². The molecule has 0 amide bonds. The van der Waals surface area contributed by atoms with E-state index < -0.39 is 39.0 Å². The van der Waals surface area contributed by atoms with Crippen LogP contribution in [-0.2, 0) is 10.2 Å². The maximum absolute atomic E-state index is 15.7. The van der Waals surface area contributed by atoms with Gasteiger partial charge in [-0.15, -0.1) is 0 Å². The molecule has 0 aliphatic heterocycles. The van der Waals surface area contributed by atoms with E-state index in [1.54, 1.807) is 0 Å². The number of ketones is 2. The Bertz CT molecular complexity index is 1850. The minimum Gasteiger partial charge on any atom is -0.504 e. The Balaban J connectivity index is 2.14. The average Bonchev–Trinajstić information content (AvgIpc) is 3.00. The third-order valence-electron chi connectivity index (χ3n) is 11.1. The fourth-order valence-electron chi connectivity index (χ4n) is 8.16. The molecule has 1 fully saturated rings. The zero-order valence-corrected chi connectivity index (χ0v) is 31.3. The van der Waals surface area contributed by atoms with Gasteiger partial charge >= 0.3 is 0 Å². The molecule has 2 N–H and O–H groups in total. The average molecular weight is 669 g/mol. The number of phenolic OH excluding ortho intramolecular Hbond substituents is 2. The van der Waals surface area contributed by atoms with Gasteiger partial charge in [-0.25, -0.2) is 0 Å². The van der Waals surface area contributed by atoms with Crippen molar-refractivity contribution >= 4 is 22.5 Å². The summed E-state index contributed by atoms with van der Waals surface area (Å²) in [5, 5.41) is 20.8. The highest BCUT2D eigenvalue weighted by Gasteiger charge is 2.73. The van der Waals surface area contributed by atoms with Crippen molar-refractivity contribution in [2.45, 2.75) is 126 Å². The SMILES string of the molecule is CC(C)=CCCC(C)=CCC1CC2(CC=C(C)C)C(=O)c3c(oc4cc(O)c(O)cc4c3=O)C(CC=C(C)C)(C2=O)C1(C)CCC=C(C)C. The van der Waals surface area contributed by atoms with Crippen molar-refractivity contribution in [3.8, 4) is 11.5 Å². The molecule has 2 aliphatic rings. The van der Waals surface area contributed by atoms with Crippen LogP contribution in [0, 0.1) is 16.7 Å². The molecule has 0 radical (unpaired) electrons. The molecule has 6 nitrogen and oxygen atoms in total. The number of phenols is 2. The zero-order valence-electron chi connectivity index (χ0n) is 31.3. The predicted octanol–water partition coefficient (Wildman–Crippen LogP) is 10.8. The first-order valence-corrected chi connectivity index (χ1v) is 17.7. The monoisotopic (exact) mass is 668 g/mol. The van der Waals surface area contributed by atoms with Gasteiger partial charge in [0.05, 0.1) is 16.2 Å². The Kier molecular flexibility index (Phi) is 11.2. The third-order valence-corrected chi connectivity index (χ3v) is 11.1. The quantitative estimate of drug-likeness (QED) is 0.132. The second-order valence-electron chi connectivity index (χ2n) is 15.8. The summed E-state index contributed by atoms with van der Waals surface area (Å²) < 4.78 is 6.61. The summed E-state index contributed by atoms with van der Waals surface area (Å²) in [5.41, 5.74) is 1.60. The molecular formula is C43H56O6. The van der Waals surface area contributed by atoms with Gasteiger partial charge in [-0.05, 0) is 131 Å². The van der Waals surface area contributed by atoms with Crippen LogP contribution in [0.15, 0.2) is 79.6 Å². The molecule has 1 aromatic carbocycles. The van der Waals surface area contributed by atoms with Crippen LogP contribution in [0.1, 0.15) is 137 Å². The van der Waals surface area contributed by atoms with Crippen LogP contribution in [0.4, 0.5) is 0 Å². The van der Waals surface area contributed by atoms with Gasteiger partial charge in [0.2, 0.25) is 5.43 Å². The number of carbonyl (C=O) groups excluding carboxylic acids is 2. The van der Waals surface area contributed by atoms with Gasteiger partial charge in [0, 0.05) is 6.07 Å². The highest BCUT2D eigenvalue weighted by Crippen LogP contribution is 2.67. The van der Waals surface area contributed by atoms with Crippen LogP contribution in [0.2, 0.25) is 0 Å². The number of hydrogen-bond donors (Lipinski definition) is 2. The third kappa shape index (κ3) is 6.93. The first kappa shape index (κ1) is 37.9. The van der Waals surface area contributed by atoms with Crippen molar-refractivity contribution in [1.29, 1.82) is 0 Å². The zero-order chi connectivity index (χ0) is 36.5. The lowest BCUT2D eigenvalue weighted by Crippen LogP contribution is -2.68. The normalized spacial score (nSPS) is 24.7. The predicted molar refractivity (Wildman–Crippen MR) is 199 cm³/mol. The molecule has 0 spiro atoms. The van der Waals surface area contributed by atoms with Crippen LogP contribution in [0.5, 0.6) is 11.5 Å². The van der Waals surface area contributed by atoms with Crippen LogP contribution < -0.4 is 5.43 Å². The highest BCUT2D eigenvalue weighted by atomic mass is 16.3.